The number of aromatic nitrogens is 1. The van der Waals surface area contributed by atoms with Crippen LogP contribution in [0.15, 0.2) is 12.1 Å². The Morgan fingerprint density at radius 1 is 1.43 bits per heavy atom. The van der Waals surface area contributed by atoms with Crippen LogP contribution >= 0.6 is 0 Å². The largest absolute Gasteiger partial charge is 0.352 e. The van der Waals surface area contributed by atoms with Crippen molar-refractivity contribution in [1.29, 1.82) is 0 Å². The van der Waals surface area contributed by atoms with Gasteiger partial charge in [0.15, 0.2) is 9.84 Å². The molecule has 1 saturated heterocycles. The van der Waals surface area contributed by atoms with Crippen LogP contribution in [0, 0.1) is 6.92 Å². The highest BCUT2D eigenvalue weighted by Gasteiger charge is 2.28. The van der Waals surface area contributed by atoms with Gasteiger partial charge in [0.05, 0.1) is 11.5 Å². The van der Waals surface area contributed by atoms with E-state index in [-0.39, 0.29) is 17.5 Å². The maximum atomic E-state index is 11.7. The van der Waals surface area contributed by atoms with E-state index in [2.05, 4.69) is 35.1 Å². The van der Waals surface area contributed by atoms with Crippen molar-refractivity contribution in [2.24, 2.45) is 0 Å². The van der Waals surface area contributed by atoms with Crippen molar-refractivity contribution in [1.82, 2.24) is 10.3 Å². The average molecular weight is 311 g/mol. The Morgan fingerprint density at radius 3 is 2.71 bits per heavy atom. The summed E-state index contributed by atoms with van der Waals surface area (Å²) in [5.41, 5.74) is 2.19. The minimum atomic E-state index is -2.89. The lowest BCUT2D eigenvalue weighted by Gasteiger charge is -2.34. The van der Waals surface area contributed by atoms with E-state index in [1.807, 2.05) is 19.9 Å². The van der Waals surface area contributed by atoms with Gasteiger partial charge in [-0.3, -0.25) is 0 Å². The van der Waals surface area contributed by atoms with Crippen LogP contribution in [0.25, 0.3) is 0 Å². The molecule has 21 heavy (non-hydrogen) atoms. The van der Waals surface area contributed by atoms with Crippen LogP contribution < -0.4 is 10.2 Å². The summed E-state index contributed by atoms with van der Waals surface area (Å²) < 4.78 is 23.3. The molecule has 1 unspecified atom stereocenters. The topological polar surface area (TPSA) is 62.3 Å². The molecule has 5 nitrogen and oxygen atoms in total. The number of aryl methyl sites for hydroxylation is 1. The second-order valence-corrected chi connectivity index (χ2v) is 8.34. The van der Waals surface area contributed by atoms with Crippen LogP contribution in [-0.4, -0.2) is 43.5 Å². The van der Waals surface area contributed by atoms with Crippen LogP contribution in [0.3, 0.4) is 0 Å². The molecular weight excluding hydrogens is 286 g/mol. The van der Waals surface area contributed by atoms with Crippen molar-refractivity contribution >= 4 is 15.7 Å². The fraction of sp³-hybridized carbons (Fsp3) is 0.667. The predicted molar refractivity (Wildman–Crippen MR) is 86.4 cm³/mol. The van der Waals surface area contributed by atoms with Gasteiger partial charge in [-0.1, -0.05) is 19.9 Å². The zero-order chi connectivity index (χ0) is 15.6. The number of rotatable bonds is 4. The number of pyridine rings is 1. The van der Waals surface area contributed by atoms with Crippen LogP contribution in [-0.2, 0) is 16.4 Å². The van der Waals surface area contributed by atoms with Gasteiger partial charge in [-0.25, -0.2) is 13.4 Å². The molecule has 1 N–H and O–H groups in total. The highest BCUT2D eigenvalue weighted by atomic mass is 32.2. The van der Waals surface area contributed by atoms with Gasteiger partial charge < -0.3 is 10.2 Å². The summed E-state index contributed by atoms with van der Waals surface area (Å²) in [6, 6.07) is 4.51. The first-order chi connectivity index (χ1) is 9.78. The van der Waals surface area contributed by atoms with E-state index in [0.717, 1.165) is 18.1 Å². The van der Waals surface area contributed by atoms with Crippen molar-refractivity contribution < 1.29 is 8.42 Å². The Morgan fingerprint density at radius 2 is 2.14 bits per heavy atom. The first kappa shape index (κ1) is 16.2. The molecule has 2 rings (SSSR count). The Labute approximate surface area is 127 Å². The number of anilines is 1. The lowest BCUT2D eigenvalue weighted by atomic mass is 10.2. The highest BCUT2D eigenvalue weighted by Crippen LogP contribution is 2.21. The molecule has 0 saturated carbocycles. The number of nitrogens with one attached hydrogen (secondary N) is 1. The third-order valence-electron chi connectivity index (χ3n) is 3.85. The molecular formula is C15H25N3O2S. The van der Waals surface area contributed by atoms with Gasteiger partial charge in [-0.05, 0) is 25.5 Å². The van der Waals surface area contributed by atoms with Gasteiger partial charge in [0.25, 0.3) is 0 Å². The molecule has 1 aromatic heterocycles. The molecule has 1 aromatic rings. The molecule has 1 aliphatic rings. The van der Waals surface area contributed by atoms with E-state index in [0.29, 0.717) is 12.6 Å². The van der Waals surface area contributed by atoms with E-state index >= 15 is 0 Å². The summed E-state index contributed by atoms with van der Waals surface area (Å²) >= 11 is 0. The summed E-state index contributed by atoms with van der Waals surface area (Å²) in [4.78, 5) is 6.76. The molecule has 6 heteroatoms. The van der Waals surface area contributed by atoms with E-state index in [1.54, 1.807) is 0 Å². The Kier molecular flexibility index (Phi) is 4.88. The molecule has 0 aromatic carbocycles. The quantitative estimate of drug-likeness (QED) is 0.913. The SMILES string of the molecule is Cc1nc(N2CCS(=O)(=O)CC2C)ccc1CNC(C)C. The third kappa shape index (κ3) is 4.17. The molecule has 118 valence electrons. The summed E-state index contributed by atoms with van der Waals surface area (Å²) in [6.07, 6.45) is 0. The van der Waals surface area contributed by atoms with Crippen LogP contribution in [0.1, 0.15) is 32.0 Å². The Balaban J connectivity index is 2.13. The molecule has 0 bridgehead atoms. The molecule has 0 spiro atoms. The normalized spacial score (nSPS) is 21.8. The standard InChI is InChI=1S/C15H25N3O2S/c1-11(2)16-9-14-5-6-15(17-13(14)4)18-7-8-21(19,20)10-12(18)3/h5-6,11-12,16H,7-10H2,1-4H3. The Hall–Kier alpha value is -1.14. The second-order valence-electron chi connectivity index (χ2n) is 6.11. The summed E-state index contributed by atoms with van der Waals surface area (Å²) in [5.74, 6) is 1.31. The monoisotopic (exact) mass is 311 g/mol. The van der Waals surface area contributed by atoms with Gasteiger partial charge in [0, 0.05) is 30.9 Å². The van der Waals surface area contributed by atoms with Crippen molar-refractivity contribution in [3.8, 4) is 0 Å². The summed E-state index contributed by atoms with van der Waals surface area (Å²) in [6.45, 7) is 9.52. The predicted octanol–water partition coefficient (Wildman–Crippen LogP) is 1.51. The minimum absolute atomic E-state index is 0.0183. The van der Waals surface area contributed by atoms with E-state index in [9.17, 15) is 8.42 Å². The van der Waals surface area contributed by atoms with Crippen LogP contribution in [0.2, 0.25) is 0 Å². The molecule has 0 aliphatic carbocycles. The lowest BCUT2D eigenvalue weighted by Crippen LogP contribution is -2.47. The van der Waals surface area contributed by atoms with Crippen molar-refractivity contribution in [2.45, 2.75) is 46.3 Å². The molecule has 2 heterocycles. The Bertz CT molecular complexity index is 599. The number of nitrogens with zero attached hydrogens (tertiary/aromatic N) is 2. The highest BCUT2D eigenvalue weighted by molar-refractivity contribution is 7.91. The van der Waals surface area contributed by atoms with Crippen LogP contribution in [0.4, 0.5) is 5.82 Å². The molecule has 1 fully saturated rings. The lowest BCUT2D eigenvalue weighted by molar-refractivity contribution is 0.566. The second kappa shape index (κ2) is 6.32. The smallest absolute Gasteiger partial charge is 0.154 e. The fourth-order valence-corrected chi connectivity index (χ4v) is 4.13. The van der Waals surface area contributed by atoms with Crippen molar-refractivity contribution in [3.05, 3.63) is 23.4 Å². The summed E-state index contributed by atoms with van der Waals surface area (Å²) in [7, 11) is -2.89. The molecule has 0 amide bonds. The summed E-state index contributed by atoms with van der Waals surface area (Å²) in [5, 5.41) is 3.39. The maximum absolute atomic E-state index is 11.7. The van der Waals surface area contributed by atoms with Gasteiger partial charge >= 0.3 is 0 Å². The minimum Gasteiger partial charge on any atom is -0.352 e. The van der Waals surface area contributed by atoms with E-state index < -0.39 is 9.84 Å². The molecule has 1 aliphatic heterocycles. The first-order valence-electron chi connectivity index (χ1n) is 7.45. The fourth-order valence-electron chi connectivity index (χ4n) is 2.58. The third-order valence-corrected chi connectivity index (χ3v) is 5.64. The average Bonchev–Trinajstić information content (AvgIpc) is 2.36. The van der Waals surface area contributed by atoms with Crippen molar-refractivity contribution in [2.75, 3.05) is 23.0 Å². The zero-order valence-corrected chi connectivity index (χ0v) is 14.1. The van der Waals surface area contributed by atoms with Crippen molar-refractivity contribution in [3.63, 3.8) is 0 Å². The van der Waals surface area contributed by atoms with Gasteiger partial charge in [-0.2, -0.15) is 0 Å². The maximum Gasteiger partial charge on any atom is 0.154 e. The number of sulfone groups is 1. The van der Waals surface area contributed by atoms with Crippen LogP contribution in [0.5, 0.6) is 0 Å². The number of hydrogen-bond acceptors (Lipinski definition) is 5. The van der Waals surface area contributed by atoms with E-state index in [1.165, 1.54) is 5.56 Å². The number of hydrogen-bond donors (Lipinski definition) is 1. The first-order valence-corrected chi connectivity index (χ1v) is 9.27. The van der Waals surface area contributed by atoms with Gasteiger partial charge in [0.2, 0.25) is 0 Å². The zero-order valence-electron chi connectivity index (χ0n) is 13.3. The molecule has 0 radical (unpaired) electrons. The van der Waals surface area contributed by atoms with E-state index in [4.69, 9.17) is 0 Å². The molecule has 1 atom stereocenters. The van der Waals surface area contributed by atoms with Gasteiger partial charge in [0.1, 0.15) is 5.82 Å². The van der Waals surface area contributed by atoms with Gasteiger partial charge in [-0.15, -0.1) is 0 Å².